The van der Waals surface area contributed by atoms with Crippen molar-refractivity contribution in [3.05, 3.63) is 48.0 Å². The van der Waals surface area contributed by atoms with Gasteiger partial charge < -0.3 is 19.5 Å². The minimum atomic E-state index is -3.85. The molecule has 2 aromatic carbocycles. The van der Waals surface area contributed by atoms with Crippen LogP contribution in [0.15, 0.2) is 47.4 Å². The highest BCUT2D eigenvalue weighted by Gasteiger charge is 2.21. The van der Waals surface area contributed by atoms with Crippen LogP contribution in [0.4, 0.5) is 5.69 Å². The van der Waals surface area contributed by atoms with Gasteiger partial charge in [-0.05, 0) is 43.2 Å². The standard InChI is InChI=1S/C20H22N2O6S/c23-20(21-16-5-2-8-26-13-16)14-3-1-4-15(11-14)22-29(24,25)17-6-7-18-19(12-17)28-10-9-27-18/h1,3-4,6-7,11-12,16,22H,2,5,8-10,13H2,(H,21,23). The van der Waals surface area contributed by atoms with Crippen molar-refractivity contribution in [2.75, 3.05) is 31.1 Å². The van der Waals surface area contributed by atoms with E-state index >= 15 is 0 Å². The first-order chi connectivity index (χ1) is 14.0. The molecule has 0 aromatic heterocycles. The highest BCUT2D eigenvalue weighted by atomic mass is 32.2. The van der Waals surface area contributed by atoms with Crippen molar-refractivity contribution in [2.24, 2.45) is 0 Å². The third-order valence-electron chi connectivity index (χ3n) is 4.70. The van der Waals surface area contributed by atoms with Gasteiger partial charge in [-0.15, -0.1) is 0 Å². The molecule has 4 rings (SSSR count). The van der Waals surface area contributed by atoms with Gasteiger partial charge >= 0.3 is 0 Å². The highest BCUT2D eigenvalue weighted by Crippen LogP contribution is 2.32. The van der Waals surface area contributed by atoms with Gasteiger partial charge in [0.2, 0.25) is 0 Å². The van der Waals surface area contributed by atoms with Gasteiger partial charge in [-0.1, -0.05) is 6.07 Å². The number of anilines is 1. The van der Waals surface area contributed by atoms with Crippen molar-refractivity contribution >= 4 is 21.6 Å². The Morgan fingerprint density at radius 1 is 1.00 bits per heavy atom. The summed E-state index contributed by atoms with van der Waals surface area (Å²) in [6.45, 7) is 2.00. The summed E-state index contributed by atoms with van der Waals surface area (Å²) in [5.74, 6) is 0.642. The minimum Gasteiger partial charge on any atom is -0.486 e. The van der Waals surface area contributed by atoms with Gasteiger partial charge in [0.05, 0.1) is 17.5 Å². The molecule has 1 fully saturated rings. The molecule has 1 atom stereocenters. The van der Waals surface area contributed by atoms with E-state index in [1.165, 1.54) is 18.2 Å². The zero-order valence-electron chi connectivity index (χ0n) is 15.7. The maximum atomic E-state index is 12.8. The predicted molar refractivity (Wildman–Crippen MR) is 106 cm³/mol. The Morgan fingerprint density at radius 3 is 2.62 bits per heavy atom. The van der Waals surface area contributed by atoms with E-state index in [2.05, 4.69) is 10.0 Å². The van der Waals surface area contributed by atoms with Crippen LogP contribution in [0.5, 0.6) is 11.5 Å². The fourth-order valence-electron chi connectivity index (χ4n) is 3.25. The van der Waals surface area contributed by atoms with E-state index in [0.717, 1.165) is 12.8 Å². The number of rotatable bonds is 5. The van der Waals surface area contributed by atoms with Crippen molar-refractivity contribution in [1.82, 2.24) is 5.32 Å². The molecule has 1 saturated heterocycles. The summed E-state index contributed by atoms with van der Waals surface area (Å²) in [6, 6.07) is 10.8. The van der Waals surface area contributed by atoms with Gasteiger partial charge in [-0.3, -0.25) is 9.52 Å². The smallest absolute Gasteiger partial charge is 0.262 e. The van der Waals surface area contributed by atoms with Gasteiger partial charge in [-0.25, -0.2) is 8.42 Å². The maximum absolute atomic E-state index is 12.8. The molecule has 1 unspecified atom stereocenters. The number of nitrogens with one attached hydrogen (secondary N) is 2. The number of fused-ring (bicyclic) bond motifs is 1. The normalized spacial score (nSPS) is 18.7. The van der Waals surface area contributed by atoms with E-state index in [0.29, 0.717) is 49.2 Å². The van der Waals surface area contributed by atoms with Crippen LogP contribution < -0.4 is 19.5 Å². The lowest BCUT2D eigenvalue weighted by molar-refractivity contribution is 0.0624. The second kappa shape index (κ2) is 8.30. The van der Waals surface area contributed by atoms with E-state index in [9.17, 15) is 13.2 Å². The fraction of sp³-hybridized carbons (Fsp3) is 0.350. The molecule has 0 bridgehead atoms. The third-order valence-corrected chi connectivity index (χ3v) is 6.08. The molecule has 2 heterocycles. The Hall–Kier alpha value is -2.78. The lowest BCUT2D eigenvalue weighted by Gasteiger charge is -2.23. The molecule has 2 aliphatic rings. The average molecular weight is 418 g/mol. The lowest BCUT2D eigenvalue weighted by atomic mass is 10.1. The van der Waals surface area contributed by atoms with Crippen LogP contribution in [0.2, 0.25) is 0 Å². The van der Waals surface area contributed by atoms with Crippen molar-refractivity contribution < 1.29 is 27.4 Å². The Kier molecular flexibility index (Phi) is 5.59. The Bertz CT molecular complexity index is 1000. The zero-order valence-corrected chi connectivity index (χ0v) is 16.5. The number of carbonyl (C=O) groups excluding carboxylic acids is 1. The van der Waals surface area contributed by atoms with E-state index in [-0.39, 0.29) is 16.8 Å². The van der Waals surface area contributed by atoms with E-state index < -0.39 is 10.0 Å². The van der Waals surface area contributed by atoms with Crippen molar-refractivity contribution in [1.29, 1.82) is 0 Å². The first-order valence-electron chi connectivity index (χ1n) is 9.42. The molecule has 8 nitrogen and oxygen atoms in total. The van der Waals surface area contributed by atoms with Gasteiger partial charge in [0, 0.05) is 23.9 Å². The van der Waals surface area contributed by atoms with E-state index in [1.807, 2.05) is 0 Å². The number of hydrogen-bond acceptors (Lipinski definition) is 6. The van der Waals surface area contributed by atoms with Crippen LogP contribution in [0.3, 0.4) is 0 Å². The van der Waals surface area contributed by atoms with Gasteiger partial charge in [-0.2, -0.15) is 0 Å². The van der Waals surface area contributed by atoms with Crippen LogP contribution in [0.1, 0.15) is 23.2 Å². The molecule has 154 valence electrons. The SMILES string of the molecule is O=C(NC1CCCOC1)c1cccc(NS(=O)(=O)c2ccc3c(c2)OCCO3)c1. The number of sulfonamides is 1. The third kappa shape index (κ3) is 4.63. The summed E-state index contributed by atoms with van der Waals surface area (Å²) in [4.78, 5) is 12.5. The summed E-state index contributed by atoms with van der Waals surface area (Å²) >= 11 is 0. The van der Waals surface area contributed by atoms with Crippen LogP contribution >= 0.6 is 0 Å². The van der Waals surface area contributed by atoms with E-state index in [1.54, 1.807) is 24.3 Å². The summed E-state index contributed by atoms with van der Waals surface area (Å²) in [6.07, 6.45) is 1.77. The number of carbonyl (C=O) groups is 1. The number of benzene rings is 2. The molecule has 0 aliphatic carbocycles. The average Bonchev–Trinajstić information content (AvgIpc) is 2.74. The van der Waals surface area contributed by atoms with Gasteiger partial charge in [0.25, 0.3) is 15.9 Å². The zero-order chi connectivity index (χ0) is 20.3. The van der Waals surface area contributed by atoms with E-state index in [4.69, 9.17) is 14.2 Å². The van der Waals surface area contributed by atoms with Crippen molar-refractivity contribution in [3.63, 3.8) is 0 Å². The number of ether oxygens (including phenoxy) is 3. The highest BCUT2D eigenvalue weighted by molar-refractivity contribution is 7.92. The molecule has 2 N–H and O–H groups in total. The quantitative estimate of drug-likeness (QED) is 0.772. The summed E-state index contributed by atoms with van der Waals surface area (Å²) in [5, 5.41) is 2.92. The second-order valence-corrected chi connectivity index (χ2v) is 8.56. The fourth-order valence-corrected chi connectivity index (χ4v) is 4.32. The molecule has 9 heteroatoms. The molecule has 2 aliphatic heterocycles. The minimum absolute atomic E-state index is 0.0330. The molecular weight excluding hydrogens is 396 g/mol. The molecule has 1 amide bonds. The van der Waals surface area contributed by atoms with Crippen LogP contribution in [-0.4, -0.2) is 46.8 Å². The van der Waals surface area contributed by atoms with Crippen molar-refractivity contribution in [2.45, 2.75) is 23.8 Å². The molecule has 0 radical (unpaired) electrons. The molecular formula is C20H22N2O6S. The molecule has 29 heavy (non-hydrogen) atoms. The predicted octanol–water partition coefficient (Wildman–Crippen LogP) is 2.17. The first-order valence-corrected chi connectivity index (χ1v) is 10.9. The van der Waals surface area contributed by atoms with Crippen LogP contribution in [0, 0.1) is 0 Å². The molecule has 0 saturated carbocycles. The first kappa shape index (κ1) is 19.5. The largest absolute Gasteiger partial charge is 0.486 e. The van der Waals surface area contributed by atoms with Gasteiger partial charge in [0.1, 0.15) is 13.2 Å². The Labute approximate surface area is 169 Å². The van der Waals surface area contributed by atoms with Gasteiger partial charge in [0.15, 0.2) is 11.5 Å². The number of hydrogen-bond donors (Lipinski definition) is 2. The summed E-state index contributed by atoms with van der Waals surface area (Å²) in [7, 11) is -3.85. The summed E-state index contributed by atoms with van der Waals surface area (Å²) < 4.78 is 44.3. The Morgan fingerprint density at radius 2 is 1.83 bits per heavy atom. The monoisotopic (exact) mass is 418 g/mol. The maximum Gasteiger partial charge on any atom is 0.262 e. The van der Waals surface area contributed by atoms with Crippen molar-refractivity contribution in [3.8, 4) is 11.5 Å². The lowest BCUT2D eigenvalue weighted by Crippen LogP contribution is -2.40. The summed E-state index contributed by atoms with van der Waals surface area (Å²) in [5.41, 5.74) is 0.672. The Balaban J connectivity index is 1.48. The number of amides is 1. The van der Waals surface area contributed by atoms with Crippen LogP contribution in [0.25, 0.3) is 0 Å². The second-order valence-electron chi connectivity index (χ2n) is 6.88. The van der Waals surface area contributed by atoms with Crippen LogP contribution in [-0.2, 0) is 14.8 Å². The molecule has 0 spiro atoms. The molecule has 2 aromatic rings. The topological polar surface area (TPSA) is 103 Å².